The average Bonchev–Trinajstić information content (AvgIpc) is 2.46. The summed E-state index contributed by atoms with van der Waals surface area (Å²) in [6.45, 7) is 3.07. The molecule has 0 heterocycles. The number of rotatable bonds is 6. The van der Waals surface area contributed by atoms with Gasteiger partial charge in [-0.05, 0) is 39.0 Å². The predicted octanol–water partition coefficient (Wildman–Crippen LogP) is 4.12. The number of hydrogen-bond acceptors (Lipinski definition) is 3. The van der Waals surface area contributed by atoms with Crippen molar-refractivity contribution in [2.75, 3.05) is 6.67 Å². The normalized spacial score (nSPS) is 17.9. The number of benzene rings is 1. The fraction of sp³-hybridized carbons (Fsp3) is 0.600. The van der Waals surface area contributed by atoms with E-state index in [1.165, 1.54) is 26.8 Å². The van der Waals surface area contributed by atoms with E-state index < -0.39 is 58.4 Å². The van der Waals surface area contributed by atoms with Crippen molar-refractivity contribution in [3.05, 3.63) is 34.1 Å². The first-order valence-electron chi connectivity index (χ1n) is 7.19. The van der Waals surface area contributed by atoms with E-state index in [1.54, 1.807) is 0 Å². The highest BCUT2D eigenvalue weighted by Gasteiger charge is 2.49. The molecule has 1 unspecified atom stereocenters. The number of nitrogens with one attached hydrogen (secondary N) is 1. The maximum Gasteiger partial charge on any atom is 0.414 e. The molecule has 1 rings (SSSR count). The van der Waals surface area contributed by atoms with E-state index in [9.17, 15) is 31.6 Å². The largest absolute Gasteiger partial charge is 0.598 e. The molecular formula is C15H19BrF5NO2S. The summed E-state index contributed by atoms with van der Waals surface area (Å²) in [6, 6.07) is 3.35. The van der Waals surface area contributed by atoms with Gasteiger partial charge in [0.2, 0.25) is 0 Å². The molecule has 0 spiro atoms. The van der Waals surface area contributed by atoms with Gasteiger partial charge in [-0.15, -0.1) is 4.72 Å². The lowest BCUT2D eigenvalue weighted by molar-refractivity contribution is -0.210. The van der Waals surface area contributed by atoms with Crippen LogP contribution in [0.15, 0.2) is 22.7 Å². The number of halogens is 6. The fourth-order valence-electron chi connectivity index (χ4n) is 2.00. The van der Waals surface area contributed by atoms with Crippen molar-refractivity contribution >= 4 is 27.3 Å². The average molecular weight is 452 g/mol. The third-order valence-corrected chi connectivity index (χ3v) is 5.62. The van der Waals surface area contributed by atoms with E-state index in [-0.39, 0.29) is 0 Å². The predicted molar refractivity (Wildman–Crippen MR) is 89.5 cm³/mol. The molecule has 0 amide bonds. The van der Waals surface area contributed by atoms with Crippen molar-refractivity contribution in [1.82, 2.24) is 4.72 Å². The smallest absolute Gasteiger partial charge is 0.414 e. The molecule has 0 aliphatic heterocycles. The molecular weight excluding hydrogens is 433 g/mol. The monoisotopic (exact) mass is 451 g/mol. The highest BCUT2D eigenvalue weighted by molar-refractivity contribution is 9.10. The molecule has 0 fully saturated rings. The standard InChI is InChI=1S/C15H19BrF5NO2S/c1-13(2,3)25(24)22-14(8-17,7-12(23)15(19,20)21)10-6-9(16)4-5-11(10)18/h4-6,12,22-23H,7-8H2,1-3H3/t12-,14?,25-/m1/s1. The quantitative estimate of drug-likeness (QED) is 0.505. The second kappa shape index (κ2) is 8.08. The molecule has 0 aliphatic carbocycles. The molecule has 0 saturated heterocycles. The summed E-state index contributed by atoms with van der Waals surface area (Å²) in [5, 5.41) is 9.42. The Kier molecular flexibility index (Phi) is 7.31. The summed E-state index contributed by atoms with van der Waals surface area (Å²) in [4.78, 5) is 0. The van der Waals surface area contributed by atoms with E-state index in [4.69, 9.17) is 0 Å². The topological polar surface area (TPSA) is 55.3 Å². The molecule has 1 aromatic rings. The zero-order chi connectivity index (χ0) is 19.6. The van der Waals surface area contributed by atoms with Crippen LogP contribution >= 0.6 is 15.9 Å². The first-order valence-corrected chi connectivity index (χ1v) is 9.13. The maximum atomic E-state index is 14.3. The summed E-state index contributed by atoms with van der Waals surface area (Å²) in [5.74, 6) is -0.978. The summed E-state index contributed by atoms with van der Waals surface area (Å²) < 4.78 is 80.6. The second-order valence-corrected chi connectivity index (χ2v) is 9.47. The third-order valence-electron chi connectivity index (χ3n) is 3.44. The number of hydrogen-bond donors (Lipinski definition) is 2. The molecule has 0 aliphatic rings. The third kappa shape index (κ3) is 5.78. The van der Waals surface area contributed by atoms with Gasteiger partial charge in [0, 0.05) is 27.8 Å². The van der Waals surface area contributed by atoms with Crippen LogP contribution in [0.5, 0.6) is 0 Å². The van der Waals surface area contributed by atoms with Crippen molar-refractivity contribution in [2.45, 2.75) is 49.8 Å². The van der Waals surface area contributed by atoms with Crippen LogP contribution in [0.25, 0.3) is 0 Å². The molecule has 1 aromatic carbocycles. The molecule has 3 nitrogen and oxygen atoms in total. The van der Waals surface area contributed by atoms with E-state index in [0.717, 1.165) is 12.1 Å². The van der Waals surface area contributed by atoms with E-state index in [1.807, 2.05) is 0 Å². The summed E-state index contributed by atoms with van der Waals surface area (Å²) in [7, 11) is 0. The Bertz CT molecular complexity index is 572. The van der Waals surface area contributed by atoms with Crippen molar-refractivity contribution in [1.29, 1.82) is 0 Å². The first kappa shape index (κ1) is 22.6. The van der Waals surface area contributed by atoms with Gasteiger partial charge in [0.15, 0.2) is 6.10 Å². The number of aliphatic hydroxyl groups is 1. The van der Waals surface area contributed by atoms with Crippen LogP contribution in [0.4, 0.5) is 22.0 Å². The Morgan fingerprint density at radius 3 is 2.28 bits per heavy atom. The minimum Gasteiger partial charge on any atom is -0.598 e. The molecule has 25 heavy (non-hydrogen) atoms. The Labute approximate surface area is 154 Å². The van der Waals surface area contributed by atoms with Gasteiger partial charge in [-0.2, -0.15) is 13.2 Å². The van der Waals surface area contributed by atoms with Crippen molar-refractivity contribution < 1.29 is 31.6 Å². The van der Waals surface area contributed by atoms with Crippen molar-refractivity contribution in [3.8, 4) is 0 Å². The van der Waals surface area contributed by atoms with Crippen LogP contribution in [-0.4, -0.2) is 33.4 Å². The Morgan fingerprint density at radius 1 is 1.28 bits per heavy atom. The lowest BCUT2D eigenvalue weighted by Crippen LogP contribution is -2.55. The van der Waals surface area contributed by atoms with Gasteiger partial charge in [0.05, 0.1) is 0 Å². The Balaban J connectivity index is 3.44. The Hall–Kier alpha value is -0.420. The highest BCUT2D eigenvalue weighted by Crippen LogP contribution is 2.37. The number of alkyl halides is 4. The minimum absolute atomic E-state index is 0.298. The van der Waals surface area contributed by atoms with Crippen LogP contribution < -0.4 is 4.72 Å². The van der Waals surface area contributed by atoms with Gasteiger partial charge in [-0.3, -0.25) is 0 Å². The van der Waals surface area contributed by atoms with Gasteiger partial charge < -0.3 is 9.66 Å². The van der Waals surface area contributed by atoms with Crippen LogP contribution in [0.1, 0.15) is 32.8 Å². The molecule has 0 aromatic heterocycles. The zero-order valence-corrected chi connectivity index (χ0v) is 16.2. The van der Waals surface area contributed by atoms with Gasteiger partial charge in [0.1, 0.15) is 22.8 Å². The highest BCUT2D eigenvalue weighted by atomic mass is 79.9. The number of aliphatic hydroxyl groups excluding tert-OH is 1. The van der Waals surface area contributed by atoms with Crippen LogP contribution in [0.2, 0.25) is 0 Å². The fourth-order valence-corrected chi connectivity index (χ4v) is 3.27. The van der Waals surface area contributed by atoms with E-state index in [2.05, 4.69) is 20.7 Å². The molecule has 0 saturated carbocycles. The zero-order valence-electron chi connectivity index (χ0n) is 13.8. The van der Waals surface area contributed by atoms with Gasteiger partial charge >= 0.3 is 6.18 Å². The molecule has 0 radical (unpaired) electrons. The van der Waals surface area contributed by atoms with Crippen LogP contribution in [-0.2, 0) is 16.9 Å². The summed E-state index contributed by atoms with van der Waals surface area (Å²) in [5.41, 5.74) is -2.77. The lowest BCUT2D eigenvalue weighted by Gasteiger charge is -2.37. The minimum atomic E-state index is -5.03. The molecule has 10 heteroatoms. The summed E-state index contributed by atoms with van der Waals surface area (Å²) in [6.07, 6.45) is -9.19. The van der Waals surface area contributed by atoms with Crippen molar-refractivity contribution in [3.63, 3.8) is 0 Å². The molecule has 3 atom stereocenters. The van der Waals surface area contributed by atoms with Crippen molar-refractivity contribution in [2.24, 2.45) is 0 Å². The van der Waals surface area contributed by atoms with Gasteiger partial charge in [0.25, 0.3) is 0 Å². The lowest BCUT2D eigenvalue weighted by atomic mass is 9.86. The summed E-state index contributed by atoms with van der Waals surface area (Å²) >= 11 is 1.04. The Morgan fingerprint density at radius 2 is 1.84 bits per heavy atom. The maximum absolute atomic E-state index is 14.3. The van der Waals surface area contributed by atoms with Gasteiger partial charge in [-0.25, -0.2) is 8.78 Å². The molecule has 0 bridgehead atoms. The van der Waals surface area contributed by atoms with Gasteiger partial charge in [-0.1, -0.05) is 15.9 Å². The molecule has 144 valence electrons. The second-order valence-electron chi connectivity index (χ2n) is 6.58. The first-order chi connectivity index (χ1) is 11.2. The van der Waals surface area contributed by atoms with E-state index >= 15 is 0 Å². The van der Waals surface area contributed by atoms with E-state index in [0.29, 0.717) is 4.47 Å². The molecule has 2 N–H and O–H groups in total. The van der Waals surface area contributed by atoms with Crippen LogP contribution in [0.3, 0.4) is 0 Å². The SMILES string of the molecule is CC(C)(C)[S@@+]([O-])NC(CF)(C[C@@H](O)C(F)(F)F)c1cc(Br)ccc1F. The van der Waals surface area contributed by atoms with Crippen LogP contribution in [0, 0.1) is 5.82 Å².